The highest BCUT2D eigenvalue weighted by atomic mass is 32.1. The number of nitrogens with one attached hydrogen (secondary N) is 1. The molecular weight excluding hydrogens is 411 g/mol. The summed E-state index contributed by atoms with van der Waals surface area (Å²) < 4.78 is 20.1. The Hall–Kier alpha value is -2.78. The van der Waals surface area contributed by atoms with E-state index in [0.29, 0.717) is 24.0 Å². The molecule has 29 heavy (non-hydrogen) atoms. The number of piperidine rings is 1. The maximum atomic E-state index is 13.3. The fourth-order valence-electron chi connectivity index (χ4n) is 3.40. The Morgan fingerprint density at radius 2 is 2.10 bits per heavy atom. The summed E-state index contributed by atoms with van der Waals surface area (Å²) in [7, 11) is 0. The molecule has 0 atom stereocenters. The van der Waals surface area contributed by atoms with E-state index in [4.69, 9.17) is 4.74 Å². The van der Waals surface area contributed by atoms with Gasteiger partial charge in [-0.25, -0.2) is 9.37 Å². The van der Waals surface area contributed by atoms with Gasteiger partial charge in [-0.3, -0.25) is 9.89 Å². The van der Waals surface area contributed by atoms with Gasteiger partial charge in [-0.05, 0) is 35.7 Å². The van der Waals surface area contributed by atoms with Crippen molar-refractivity contribution in [2.75, 3.05) is 13.1 Å². The molecule has 1 aromatic carbocycles. The molecule has 1 saturated heterocycles. The second-order valence-electron chi connectivity index (χ2n) is 6.85. The lowest BCUT2D eigenvalue weighted by molar-refractivity contribution is 0.0590. The number of hydrogen-bond donors (Lipinski definition) is 1. The van der Waals surface area contributed by atoms with E-state index >= 15 is 0 Å². The van der Waals surface area contributed by atoms with Gasteiger partial charge in [-0.2, -0.15) is 5.10 Å². The van der Waals surface area contributed by atoms with Crippen molar-refractivity contribution in [1.82, 2.24) is 20.1 Å². The first-order valence-electron chi connectivity index (χ1n) is 9.27. The summed E-state index contributed by atoms with van der Waals surface area (Å²) in [5.41, 5.74) is 2.02. The zero-order valence-electron chi connectivity index (χ0n) is 15.3. The number of ether oxygens (including phenoxy) is 1. The fraction of sp³-hybridized carbons (Fsp3) is 0.250. The van der Waals surface area contributed by atoms with E-state index in [0.717, 1.165) is 33.6 Å². The number of likely N-dealkylation sites (tertiary alicyclic amines) is 1. The molecule has 0 spiro atoms. The normalized spacial score (nSPS) is 15.1. The highest BCUT2D eigenvalue weighted by Gasteiger charge is 2.27. The average molecular weight is 429 g/mol. The number of rotatable bonds is 4. The maximum Gasteiger partial charge on any atom is 0.274 e. The highest BCUT2D eigenvalue weighted by molar-refractivity contribution is 7.20. The number of aromatic amines is 1. The molecule has 0 aliphatic carbocycles. The van der Waals surface area contributed by atoms with Gasteiger partial charge in [0.15, 0.2) is 5.69 Å². The Morgan fingerprint density at radius 3 is 2.90 bits per heavy atom. The number of hydrogen-bond acceptors (Lipinski definition) is 6. The van der Waals surface area contributed by atoms with E-state index in [1.165, 1.54) is 23.5 Å². The summed E-state index contributed by atoms with van der Waals surface area (Å²) >= 11 is 2.94. The molecule has 0 radical (unpaired) electrons. The number of benzene rings is 1. The first-order chi connectivity index (χ1) is 14.2. The smallest absolute Gasteiger partial charge is 0.274 e. The Labute approximate surface area is 174 Å². The molecule has 0 bridgehead atoms. The van der Waals surface area contributed by atoms with Crippen molar-refractivity contribution in [1.29, 1.82) is 0 Å². The van der Waals surface area contributed by atoms with Crippen molar-refractivity contribution in [3.63, 3.8) is 0 Å². The van der Waals surface area contributed by atoms with Crippen LogP contribution < -0.4 is 4.74 Å². The second kappa shape index (κ2) is 7.57. The summed E-state index contributed by atoms with van der Waals surface area (Å²) in [6.07, 6.45) is 1.43. The molecule has 3 aromatic heterocycles. The summed E-state index contributed by atoms with van der Waals surface area (Å²) in [4.78, 5) is 20.0. The molecule has 1 aliphatic heterocycles. The number of nitrogens with zero attached hydrogens (tertiary/aromatic N) is 3. The molecule has 0 unspecified atom stereocenters. The van der Waals surface area contributed by atoms with Crippen molar-refractivity contribution in [2.45, 2.75) is 18.9 Å². The van der Waals surface area contributed by atoms with Crippen molar-refractivity contribution in [3.8, 4) is 15.8 Å². The number of H-pyrrole nitrogens is 1. The van der Waals surface area contributed by atoms with Gasteiger partial charge in [0, 0.05) is 25.9 Å². The summed E-state index contributed by atoms with van der Waals surface area (Å²) in [6, 6.07) is 10.3. The molecule has 1 fully saturated rings. The maximum absolute atomic E-state index is 13.3. The fourth-order valence-corrected chi connectivity index (χ4v) is 5.00. The third-order valence-corrected chi connectivity index (χ3v) is 6.72. The van der Waals surface area contributed by atoms with Gasteiger partial charge in [0.25, 0.3) is 11.1 Å². The Morgan fingerprint density at radius 1 is 1.24 bits per heavy atom. The van der Waals surface area contributed by atoms with E-state index in [9.17, 15) is 9.18 Å². The molecule has 9 heteroatoms. The van der Waals surface area contributed by atoms with Crippen LogP contribution in [0.25, 0.3) is 20.8 Å². The van der Waals surface area contributed by atoms with Gasteiger partial charge in [0.2, 0.25) is 0 Å². The van der Waals surface area contributed by atoms with Crippen molar-refractivity contribution >= 4 is 38.8 Å². The third kappa shape index (κ3) is 3.75. The lowest BCUT2D eigenvalue weighted by atomic mass is 10.1. The number of aromatic nitrogens is 3. The average Bonchev–Trinajstić information content (AvgIpc) is 3.47. The molecule has 5 rings (SSSR count). The van der Waals surface area contributed by atoms with Gasteiger partial charge in [-0.1, -0.05) is 17.4 Å². The Bertz CT molecular complexity index is 1150. The minimum Gasteiger partial charge on any atom is -0.467 e. The lowest BCUT2D eigenvalue weighted by Crippen LogP contribution is -2.41. The monoisotopic (exact) mass is 428 g/mol. The van der Waals surface area contributed by atoms with Crippen molar-refractivity contribution in [3.05, 3.63) is 53.3 Å². The zero-order valence-corrected chi connectivity index (χ0v) is 16.9. The number of halogens is 1. The molecule has 148 valence electrons. The van der Waals surface area contributed by atoms with Crippen molar-refractivity contribution in [2.24, 2.45) is 0 Å². The van der Waals surface area contributed by atoms with Crippen molar-refractivity contribution < 1.29 is 13.9 Å². The SMILES string of the molecule is O=C(c1cc(-c2cccs2)[nH]n1)N1CCC(Oc2nc3ccc(F)cc3s2)CC1. The predicted octanol–water partition coefficient (Wildman–Crippen LogP) is 4.57. The number of thiazole rings is 1. The minimum atomic E-state index is -0.278. The minimum absolute atomic E-state index is 0.00896. The summed E-state index contributed by atoms with van der Waals surface area (Å²) in [5.74, 6) is -0.349. The molecule has 4 heterocycles. The molecule has 1 aliphatic rings. The first-order valence-corrected chi connectivity index (χ1v) is 11.0. The van der Waals surface area contributed by atoms with Gasteiger partial charge >= 0.3 is 0 Å². The number of carbonyl (C=O) groups is 1. The van der Waals surface area contributed by atoms with Gasteiger partial charge in [-0.15, -0.1) is 11.3 Å². The van der Waals surface area contributed by atoms with E-state index in [-0.39, 0.29) is 17.8 Å². The van der Waals surface area contributed by atoms with Gasteiger partial charge in [0.05, 0.1) is 20.8 Å². The first kappa shape index (κ1) is 18.3. The number of amides is 1. The topological polar surface area (TPSA) is 71.1 Å². The number of fused-ring (bicyclic) bond motifs is 1. The van der Waals surface area contributed by atoms with E-state index in [1.807, 2.05) is 22.4 Å². The molecule has 1 N–H and O–H groups in total. The summed E-state index contributed by atoms with van der Waals surface area (Å²) in [6.45, 7) is 1.20. The third-order valence-electron chi connectivity index (χ3n) is 4.91. The van der Waals surface area contributed by atoms with Crippen LogP contribution in [-0.4, -0.2) is 45.2 Å². The number of thiophene rings is 1. The number of carbonyl (C=O) groups excluding carboxylic acids is 1. The largest absolute Gasteiger partial charge is 0.467 e. The van der Waals surface area contributed by atoms with Crippen LogP contribution in [0.4, 0.5) is 4.39 Å². The molecule has 1 amide bonds. The molecule has 4 aromatic rings. The van der Waals surface area contributed by atoms with E-state index in [1.54, 1.807) is 23.5 Å². The van der Waals surface area contributed by atoms with Crippen LogP contribution in [0.3, 0.4) is 0 Å². The van der Waals surface area contributed by atoms with E-state index in [2.05, 4.69) is 15.2 Å². The Balaban J connectivity index is 1.20. The lowest BCUT2D eigenvalue weighted by Gasteiger charge is -2.31. The molecule has 0 saturated carbocycles. The van der Waals surface area contributed by atoms with Crippen LogP contribution in [0.5, 0.6) is 5.19 Å². The standard InChI is InChI=1S/C20H17FN4O2S2/c21-12-3-4-14-18(10-12)29-20(22-14)27-13-5-7-25(8-6-13)19(26)16-11-15(23-24-16)17-2-1-9-28-17/h1-4,9-11,13H,5-8H2,(H,23,24). The van der Waals surface area contributed by atoms with E-state index < -0.39 is 0 Å². The van der Waals surface area contributed by atoms with Crippen LogP contribution in [-0.2, 0) is 0 Å². The quantitative estimate of drug-likeness (QED) is 0.517. The van der Waals surface area contributed by atoms with Gasteiger partial charge in [0.1, 0.15) is 11.9 Å². The van der Waals surface area contributed by atoms with Gasteiger partial charge < -0.3 is 9.64 Å². The van der Waals surface area contributed by atoms with Crippen LogP contribution in [0, 0.1) is 5.82 Å². The van der Waals surface area contributed by atoms with Crippen LogP contribution in [0.15, 0.2) is 41.8 Å². The summed E-state index contributed by atoms with van der Waals surface area (Å²) in [5, 5.41) is 9.66. The predicted molar refractivity (Wildman–Crippen MR) is 111 cm³/mol. The van der Waals surface area contributed by atoms with Crippen LogP contribution in [0.2, 0.25) is 0 Å². The highest BCUT2D eigenvalue weighted by Crippen LogP contribution is 2.30. The van der Waals surface area contributed by atoms with Crippen LogP contribution in [0.1, 0.15) is 23.3 Å². The Kier molecular flexibility index (Phi) is 4.76. The molecule has 6 nitrogen and oxygen atoms in total. The second-order valence-corrected chi connectivity index (χ2v) is 8.79. The van der Waals surface area contributed by atoms with Crippen LogP contribution >= 0.6 is 22.7 Å². The molecular formula is C20H17FN4O2S2. The zero-order chi connectivity index (χ0) is 19.8.